The van der Waals surface area contributed by atoms with Crippen molar-refractivity contribution in [3.63, 3.8) is 0 Å². The molecule has 0 spiro atoms. The average molecular weight is 274 g/mol. The summed E-state index contributed by atoms with van der Waals surface area (Å²) in [5, 5.41) is 2.62. The smallest absolute Gasteiger partial charge is 0.257 e. The van der Waals surface area contributed by atoms with Gasteiger partial charge in [-0.3, -0.25) is 4.79 Å². The second kappa shape index (κ2) is 5.61. The predicted octanol–water partition coefficient (Wildman–Crippen LogP) is 2.98. The van der Waals surface area contributed by atoms with Gasteiger partial charge >= 0.3 is 0 Å². The van der Waals surface area contributed by atoms with Crippen LogP contribution in [-0.2, 0) is 0 Å². The number of nitrogens with one attached hydrogen (secondary N) is 1. The molecule has 5 heteroatoms. The van der Waals surface area contributed by atoms with Gasteiger partial charge in [-0.05, 0) is 48.9 Å². The van der Waals surface area contributed by atoms with Gasteiger partial charge in [0.15, 0.2) is 0 Å². The fourth-order valence-corrected chi connectivity index (χ4v) is 1.87. The highest BCUT2D eigenvalue weighted by Gasteiger charge is 2.12. The molecule has 0 fully saturated rings. The Balaban J connectivity index is 2.27. The van der Waals surface area contributed by atoms with E-state index >= 15 is 0 Å². The highest BCUT2D eigenvalue weighted by atomic mass is 19.1. The van der Waals surface area contributed by atoms with E-state index in [4.69, 9.17) is 10.5 Å². The van der Waals surface area contributed by atoms with Crippen LogP contribution >= 0.6 is 0 Å². The molecule has 0 aliphatic carbocycles. The Morgan fingerprint density at radius 1 is 1.25 bits per heavy atom. The van der Waals surface area contributed by atoms with E-state index in [0.29, 0.717) is 17.1 Å². The Labute approximate surface area is 116 Å². The van der Waals surface area contributed by atoms with Gasteiger partial charge in [-0.2, -0.15) is 0 Å². The lowest BCUT2D eigenvalue weighted by atomic mass is 10.1. The zero-order valence-electron chi connectivity index (χ0n) is 11.2. The second-order valence-electron chi connectivity index (χ2n) is 4.42. The molecule has 4 nitrogen and oxygen atoms in total. The summed E-state index contributed by atoms with van der Waals surface area (Å²) in [6, 6.07) is 9.11. The maximum Gasteiger partial charge on any atom is 0.257 e. The van der Waals surface area contributed by atoms with Gasteiger partial charge in [-0.25, -0.2) is 4.39 Å². The third-order valence-corrected chi connectivity index (χ3v) is 2.81. The summed E-state index contributed by atoms with van der Waals surface area (Å²) in [6.45, 7) is 1.75. The zero-order chi connectivity index (χ0) is 14.7. The fourth-order valence-electron chi connectivity index (χ4n) is 1.87. The van der Waals surface area contributed by atoms with Crippen LogP contribution in [0.3, 0.4) is 0 Å². The first-order valence-corrected chi connectivity index (χ1v) is 6.01. The van der Waals surface area contributed by atoms with Crippen LogP contribution in [0, 0.1) is 12.7 Å². The Morgan fingerprint density at radius 2 is 2.00 bits per heavy atom. The van der Waals surface area contributed by atoms with Crippen LogP contribution in [0.2, 0.25) is 0 Å². The lowest BCUT2D eigenvalue weighted by Gasteiger charge is -2.10. The summed E-state index contributed by atoms with van der Waals surface area (Å²) >= 11 is 0. The largest absolute Gasteiger partial charge is 0.497 e. The molecule has 1 amide bonds. The number of nitrogen functional groups attached to an aromatic ring is 1. The summed E-state index contributed by atoms with van der Waals surface area (Å²) in [5.74, 6) is -0.287. The normalized spacial score (nSPS) is 10.2. The number of benzene rings is 2. The number of halogens is 1. The molecule has 2 aromatic rings. The van der Waals surface area contributed by atoms with Gasteiger partial charge in [0, 0.05) is 11.4 Å². The molecular weight excluding hydrogens is 259 g/mol. The number of carbonyl (C=O) groups excluding carboxylic acids is 1. The topological polar surface area (TPSA) is 64.3 Å². The quantitative estimate of drug-likeness (QED) is 0.846. The third-order valence-electron chi connectivity index (χ3n) is 2.81. The molecule has 0 aliphatic rings. The standard InChI is InChI=1S/C15H15FN2O2/c1-9-5-10(16)7-11(6-9)18-15(19)13-8-12(20-2)3-4-14(13)17/h3-8H,17H2,1-2H3,(H,18,19). The summed E-state index contributed by atoms with van der Waals surface area (Å²) in [5.41, 5.74) is 7.49. The number of ether oxygens (including phenoxy) is 1. The number of hydrogen-bond donors (Lipinski definition) is 2. The highest BCUT2D eigenvalue weighted by Crippen LogP contribution is 2.21. The van der Waals surface area contributed by atoms with E-state index < -0.39 is 11.7 Å². The first-order valence-electron chi connectivity index (χ1n) is 6.01. The minimum Gasteiger partial charge on any atom is -0.497 e. The molecule has 0 saturated heterocycles. The Kier molecular flexibility index (Phi) is 3.89. The van der Waals surface area contributed by atoms with E-state index in [1.807, 2.05) is 0 Å². The molecule has 0 atom stereocenters. The van der Waals surface area contributed by atoms with Gasteiger partial charge in [-0.15, -0.1) is 0 Å². The number of nitrogens with two attached hydrogens (primary N) is 1. The van der Waals surface area contributed by atoms with Crippen molar-refractivity contribution in [1.82, 2.24) is 0 Å². The third kappa shape index (κ3) is 3.06. The minimum atomic E-state index is -0.411. The lowest BCUT2D eigenvalue weighted by Crippen LogP contribution is -2.14. The Bertz CT molecular complexity index is 636. The molecule has 2 rings (SSSR count). The molecule has 0 heterocycles. The van der Waals surface area contributed by atoms with E-state index in [1.165, 1.54) is 25.3 Å². The van der Waals surface area contributed by atoms with Crippen molar-refractivity contribution < 1.29 is 13.9 Å². The first kappa shape index (κ1) is 13.9. The van der Waals surface area contributed by atoms with Crippen LogP contribution in [0.25, 0.3) is 0 Å². The summed E-state index contributed by atoms with van der Waals surface area (Å²) in [6.07, 6.45) is 0. The molecule has 104 valence electrons. The number of rotatable bonds is 3. The van der Waals surface area contributed by atoms with Crippen molar-refractivity contribution in [3.8, 4) is 5.75 Å². The summed E-state index contributed by atoms with van der Waals surface area (Å²) in [7, 11) is 1.50. The minimum absolute atomic E-state index is 0.284. The second-order valence-corrected chi connectivity index (χ2v) is 4.42. The van der Waals surface area contributed by atoms with Crippen LogP contribution in [-0.4, -0.2) is 13.0 Å². The van der Waals surface area contributed by atoms with Gasteiger partial charge in [0.05, 0.1) is 12.7 Å². The van der Waals surface area contributed by atoms with Gasteiger partial charge < -0.3 is 15.8 Å². The average Bonchev–Trinajstić information content (AvgIpc) is 2.37. The fraction of sp³-hybridized carbons (Fsp3) is 0.133. The van der Waals surface area contributed by atoms with E-state index in [2.05, 4.69) is 5.32 Å². The number of hydrogen-bond acceptors (Lipinski definition) is 3. The number of methoxy groups -OCH3 is 1. The van der Waals surface area contributed by atoms with Crippen molar-refractivity contribution in [2.45, 2.75) is 6.92 Å². The summed E-state index contributed by atoms with van der Waals surface area (Å²) in [4.78, 5) is 12.2. The van der Waals surface area contributed by atoms with Crippen molar-refractivity contribution in [2.24, 2.45) is 0 Å². The van der Waals surface area contributed by atoms with Crippen molar-refractivity contribution >= 4 is 17.3 Å². The number of anilines is 2. The molecular formula is C15H15FN2O2. The number of carbonyl (C=O) groups is 1. The van der Waals surface area contributed by atoms with Crippen molar-refractivity contribution in [3.05, 3.63) is 53.3 Å². The number of aryl methyl sites for hydroxylation is 1. The van der Waals surface area contributed by atoms with Crippen LogP contribution in [0.4, 0.5) is 15.8 Å². The molecule has 0 aromatic heterocycles. The Morgan fingerprint density at radius 3 is 2.65 bits per heavy atom. The highest BCUT2D eigenvalue weighted by molar-refractivity contribution is 6.08. The monoisotopic (exact) mass is 274 g/mol. The van der Waals surface area contributed by atoms with E-state index in [0.717, 1.165) is 5.56 Å². The van der Waals surface area contributed by atoms with Crippen LogP contribution in [0.5, 0.6) is 5.75 Å². The maximum absolute atomic E-state index is 13.3. The van der Waals surface area contributed by atoms with E-state index in [1.54, 1.807) is 25.1 Å². The molecule has 20 heavy (non-hydrogen) atoms. The maximum atomic E-state index is 13.3. The molecule has 0 bridgehead atoms. The van der Waals surface area contributed by atoms with Gasteiger partial charge in [0.2, 0.25) is 0 Å². The molecule has 3 N–H and O–H groups in total. The molecule has 0 saturated carbocycles. The molecule has 0 unspecified atom stereocenters. The van der Waals surface area contributed by atoms with Gasteiger partial charge in [0.1, 0.15) is 11.6 Å². The SMILES string of the molecule is COc1ccc(N)c(C(=O)Nc2cc(C)cc(F)c2)c1. The van der Waals surface area contributed by atoms with E-state index in [9.17, 15) is 9.18 Å². The van der Waals surface area contributed by atoms with Gasteiger partial charge in [-0.1, -0.05) is 0 Å². The predicted molar refractivity (Wildman–Crippen MR) is 76.5 cm³/mol. The van der Waals surface area contributed by atoms with Gasteiger partial charge in [0.25, 0.3) is 5.91 Å². The summed E-state index contributed by atoms with van der Waals surface area (Å²) < 4.78 is 18.3. The van der Waals surface area contributed by atoms with Crippen molar-refractivity contribution in [1.29, 1.82) is 0 Å². The first-order chi connectivity index (χ1) is 9.49. The van der Waals surface area contributed by atoms with Crippen LogP contribution in [0.1, 0.15) is 15.9 Å². The molecule has 2 aromatic carbocycles. The lowest BCUT2D eigenvalue weighted by molar-refractivity contribution is 0.102. The van der Waals surface area contributed by atoms with E-state index in [-0.39, 0.29) is 5.56 Å². The Hall–Kier alpha value is -2.56. The van der Waals surface area contributed by atoms with Crippen molar-refractivity contribution in [2.75, 3.05) is 18.2 Å². The number of amides is 1. The molecule has 0 aliphatic heterocycles. The van der Waals surface area contributed by atoms with Crippen LogP contribution < -0.4 is 15.8 Å². The molecule has 0 radical (unpaired) electrons. The van der Waals surface area contributed by atoms with Crippen LogP contribution in [0.15, 0.2) is 36.4 Å². The zero-order valence-corrected chi connectivity index (χ0v) is 11.2.